The van der Waals surface area contributed by atoms with Crippen molar-refractivity contribution in [2.75, 3.05) is 26.0 Å². The van der Waals surface area contributed by atoms with Crippen molar-refractivity contribution in [1.29, 1.82) is 0 Å². The Kier molecular flexibility index (Phi) is 3.97. The lowest BCUT2D eigenvalue weighted by atomic mass is 9.99. The molecule has 1 aromatic heterocycles. The molecule has 8 heteroatoms. The highest BCUT2D eigenvalue weighted by atomic mass is 19.4. The molecule has 0 radical (unpaired) electrons. The number of nitrogens with zero attached hydrogens (tertiary/aromatic N) is 3. The fraction of sp³-hybridized carbons (Fsp3) is 0.375. The maximum atomic E-state index is 12.7. The molecule has 1 aromatic carbocycles. The number of hydrogen-bond donors (Lipinski definition) is 1. The molecule has 24 heavy (non-hydrogen) atoms. The first kappa shape index (κ1) is 15.2. The quantitative estimate of drug-likeness (QED) is 0.930. The van der Waals surface area contributed by atoms with Crippen LogP contribution in [0.25, 0.3) is 0 Å². The Labute approximate surface area is 138 Å². The largest absolute Gasteiger partial charge is 0.495 e. The highest BCUT2D eigenvalue weighted by Crippen LogP contribution is 2.33. The predicted octanol–water partition coefficient (Wildman–Crippen LogP) is 3.24. The summed E-state index contributed by atoms with van der Waals surface area (Å²) in [5.74, 6) is 0.466. The molecule has 1 aliphatic rings. The molecule has 3 rings (SSSR count). The number of fused-ring (bicyclic) bond motifs is 1. The van der Waals surface area contributed by atoms with Gasteiger partial charge in [-0.3, -0.25) is 0 Å². The summed E-state index contributed by atoms with van der Waals surface area (Å²) in [6, 6.07) is 3.80. The first-order valence-corrected chi connectivity index (χ1v) is 7.34. The Morgan fingerprint density at radius 3 is 2.75 bits per heavy atom. The van der Waals surface area contributed by atoms with E-state index in [-0.39, 0.29) is 5.95 Å². The molecule has 2 heterocycles. The molecular formula is C16H17F3N4O. The fourth-order valence-electron chi connectivity index (χ4n) is 2.61. The Bertz CT molecular complexity index is 798. The average molecular weight is 339 g/mol. The van der Waals surface area contributed by atoms with Crippen molar-refractivity contribution < 1.29 is 19.3 Å². The van der Waals surface area contributed by atoms with Crippen molar-refractivity contribution >= 4 is 11.6 Å². The summed E-state index contributed by atoms with van der Waals surface area (Å²) >= 11 is 0. The first-order chi connectivity index (χ1) is 11.8. The highest BCUT2D eigenvalue weighted by molar-refractivity contribution is 5.65. The van der Waals surface area contributed by atoms with Crippen LogP contribution in [0.1, 0.15) is 18.1 Å². The van der Waals surface area contributed by atoms with E-state index in [2.05, 4.69) is 20.2 Å². The van der Waals surface area contributed by atoms with Gasteiger partial charge in [0.25, 0.3) is 0 Å². The minimum absolute atomic E-state index is 0.0795. The third-order valence-corrected chi connectivity index (χ3v) is 3.87. The van der Waals surface area contributed by atoms with Gasteiger partial charge in [0.15, 0.2) is 0 Å². The molecule has 1 aliphatic heterocycles. The van der Waals surface area contributed by atoms with Crippen LogP contribution in [0.3, 0.4) is 0 Å². The number of anilines is 2. The summed E-state index contributed by atoms with van der Waals surface area (Å²) in [6.45, 7) is 1.73. The second-order valence-corrected chi connectivity index (χ2v) is 5.65. The maximum Gasteiger partial charge on any atom is 0.419 e. The molecule has 0 atom stereocenters. The van der Waals surface area contributed by atoms with Crippen LogP contribution in [0, 0.1) is 0 Å². The third kappa shape index (κ3) is 3.43. The second-order valence-electron chi connectivity index (χ2n) is 5.65. The van der Waals surface area contributed by atoms with Crippen LogP contribution < -0.4 is 10.1 Å². The lowest BCUT2D eigenvalue weighted by Gasteiger charge is -2.26. The Morgan fingerprint density at radius 2 is 2.08 bits per heavy atom. The summed E-state index contributed by atoms with van der Waals surface area (Å²) in [5.41, 5.74) is 1.67. The molecule has 0 fully saturated rings. The molecule has 0 saturated carbocycles. The molecule has 0 bridgehead atoms. The van der Waals surface area contributed by atoms with Gasteiger partial charge in [-0.15, -0.1) is 0 Å². The molecular weight excluding hydrogens is 321 g/mol. The topological polar surface area (TPSA) is 50.3 Å². The van der Waals surface area contributed by atoms with Crippen molar-refractivity contribution in [3.63, 3.8) is 0 Å². The fourth-order valence-corrected chi connectivity index (χ4v) is 2.61. The molecule has 0 amide bonds. The Balaban J connectivity index is 1.91. The van der Waals surface area contributed by atoms with Crippen LogP contribution in [0.15, 0.2) is 24.5 Å². The zero-order valence-corrected chi connectivity index (χ0v) is 13.2. The van der Waals surface area contributed by atoms with E-state index in [4.69, 9.17) is 6.11 Å². The van der Waals surface area contributed by atoms with Gasteiger partial charge in [-0.05, 0) is 36.7 Å². The van der Waals surface area contributed by atoms with Crippen molar-refractivity contribution in [3.8, 4) is 5.75 Å². The lowest BCUT2D eigenvalue weighted by Crippen LogP contribution is -2.26. The smallest absolute Gasteiger partial charge is 0.419 e. The predicted molar refractivity (Wildman–Crippen MR) is 83.3 cm³/mol. The van der Waals surface area contributed by atoms with E-state index >= 15 is 0 Å². The van der Waals surface area contributed by atoms with E-state index in [1.54, 1.807) is 0 Å². The molecule has 0 aliphatic carbocycles. The number of alkyl halides is 3. The van der Waals surface area contributed by atoms with Gasteiger partial charge in [0.1, 0.15) is 5.75 Å². The van der Waals surface area contributed by atoms with Gasteiger partial charge in [-0.2, -0.15) is 13.2 Å². The molecule has 0 unspecified atom stereocenters. The lowest BCUT2D eigenvalue weighted by molar-refractivity contribution is -0.138. The highest BCUT2D eigenvalue weighted by Gasteiger charge is 2.31. The van der Waals surface area contributed by atoms with E-state index in [1.807, 2.05) is 19.2 Å². The van der Waals surface area contributed by atoms with Gasteiger partial charge < -0.3 is 15.0 Å². The maximum absolute atomic E-state index is 12.7. The van der Waals surface area contributed by atoms with Crippen LogP contribution >= 0.6 is 0 Å². The molecule has 1 N–H and O–H groups in total. The molecule has 0 spiro atoms. The first-order valence-electron chi connectivity index (χ1n) is 7.84. The minimum atomic E-state index is -4.65. The van der Waals surface area contributed by atoms with Crippen molar-refractivity contribution in [3.05, 3.63) is 41.2 Å². The van der Waals surface area contributed by atoms with Crippen molar-refractivity contribution in [2.45, 2.75) is 19.1 Å². The van der Waals surface area contributed by atoms with E-state index in [9.17, 15) is 13.2 Å². The number of likely N-dealkylation sites (N-methyl/N-ethyl adjacent to an activating group) is 1. The number of rotatable bonds is 3. The van der Waals surface area contributed by atoms with Gasteiger partial charge in [0.2, 0.25) is 5.95 Å². The standard InChI is InChI=1S/C16H17F3N4O/c1-23-4-3-10-5-13(14(24-2)6-11(10)9-23)22-15-20-7-12(8-21-15)16(17,18)19/h5-8H,3-4,9H2,1-2H3,(H,20,21,22)/i7D. The zero-order chi connectivity index (χ0) is 18.2. The average Bonchev–Trinajstić information content (AvgIpc) is 2.53. The monoisotopic (exact) mass is 339 g/mol. The van der Waals surface area contributed by atoms with E-state index in [1.165, 1.54) is 7.11 Å². The van der Waals surface area contributed by atoms with Crippen LogP contribution in [0.5, 0.6) is 5.75 Å². The van der Waals surface area contributed by atoms with E-state index < -0.39 is 17.9 Å². The summed E-state index contributed by atoms with van der Waals surface area (Å²) < 4.78 is 50.9. The number of benzene rings is 1. The van der Waals surface area contributed by atoms with E-state index in [0.29, 0.717) is 17.6 Å². The van der Waals surface area contributed by atoms with Crippen molar-refractivity contribution in [2.24, 2.45) is 0 Å². The summed E-state index contributed by atoms with van der Waals surface area (Å²) in [7, 11) is 3.55. The third-order valence-electron chi connectivity index (χ3n) is 3.87. The molecule has 128 valence electrons. The second kappa shape index (κ2) is 6.27. The van der Waals surface area contributed by atoms with Crippen molar-refractivity contribution in [1.82, 2.24) is 14.9 Å². The van der Waals surface area contributed by atoms with Gasteiger partial charge in [0.05, 0.1) is 19.7 Å². The number of aromatic nitrogens is 2. The SMILES string of the molecule is [2H]c1nc(Nc2cc3c(cc2OC)CN(C)CC3)ncc1C(F)(F)F. The van der Waals surface area contributed by atoms with Gasteiger partial charge in [-0.25, -0.2) is 9.97 Å². The Hall–Kier alpha value is -2.35. The van der Waals surface area contributed by atoms with Crippen LogP contribution in [-0.2, 0) is 19.1 Å². The summed E-state index contributed by atoms with van der Waals surface area (Å²) in [6.07, 6.45) is -4.05. The minimum Gasteiger partial charge on any atom is -0.495 e. The van der Waals surface area contributed by atoms with Crippen LogP contribution in [-0.4, -0.2) is 35.6 Å². The Morgan fingerprint density at radius 1 is 1.29 bits per heavy atom. The number of hydrogen-bond acceptors (Lipinski definition) is 5. The number of ether oxygens (including phenoxy) is 1. The molecule has 0 saturated heterocycles. The van der Waals surface area contributed by atoms with Gasteiger partial charge >= 0.3 is 6.18 Å². The number of nitrogens with one attached hydrogen (secondary N) is 1. The zero-order valence-electron chi connectivity index (χ0n) is 14.2. The van der Waals surface area contributed by atoms with Crippen LogP contribution in [0.2, 0.25) is 0 Å². The summed E-state index contributed by atoms with van der Waals surface area (Å²) in [4.78, 5) is 9.46. The molecule has 2 aromatic rings. The normalized spacial score (nSPS) is 15.6. The molecule has 5 nitrogen and oxygen atoms in total. The van der Waals surface area contributed by atoms with Crippen LogP contribution in [0.4, 0.5) is 24.8 Å². The number of methoxy groups -OCH3 is 1. The summed E-state index contributed by atoms with van der Waals surface area (Å²) in [5, 5.41) is 2.86. The van der Waals surface area contributed by atoms with Gasteiger partial charge in [0, 0.05) is 25.5 Å². The van der Waals surface area contributed by atoms with E-state index in [0.717, 1.165) is 30.6 Å². The van der Waals surface area contributed by atoms with Gasteiger partial charge in [-0.1, -0.05) is 0 Å². The number of halogens is 3.